The van der Waals surface area contributed by atoms with Crippen LogP contribution in [0.1, 0.15) is 37.1 Å². The third kappa shape index (κ3) is 4.65. The zero-order valence-corrected chi connectivity index (χ0v) is 14.2. The zero-order valence-electron chi connectivity index (χ0n) is 14.2. The maximum atomic E-state index is 12.1. The van der Waals surface area contributed by atoms with Crippen molar-refractivity contribution in [3.63, 3.8) is 0 Å². The van der Waals surface area contributed by atoms with Gasteiger partial charge in [-0.25, -0.2) is 0 Å². The summed E-state index contributed by atoms with van der Waals surface area (Å²) in [6.45, 7) is 2.69. The van der Waals surface area contributed by atoms with E-state index in [0.717, 1.165) is 24.0 Å². The van der Waals surface area contributed by atoms with Gasteiger partial charge in [-0.15, -0.1) is 10.2 Å². The summed E-state index contributed by atoms with van der Waals surface area (Å²) in [6, 6.07) is 7.35. The van der Waals surface area contributed by atoms with Crippen molar-refractivity contribution in [3.8, 4) is 11.5 Å². The molecule has 3 rings (SSSR count). The number of hydrogen-bond acceptors (Lipinski definition) is 5. The third-order valence-electron chi connectivity index (χ3n) is 4.20. The number of benzene rings is 1. The first-order valence-electron chi connectivity index (χ1n) is 8.58. The van der Waals surface area contributed by atoms with Crippen LogP contribution in [0.5, 0.6) is 0 Å². The fourth-order valence-electron chi connectivity index (χ4n) is 2.73. The van der Waals surface area contributed by atoms with Gasteiger partial charge in [0.25, 0.3) is 0 Å². The van der Waals surface area contributed by atoms with Crippen molar-refractivity contribution in [3.05, 3.63) is 35.7 Å². The molecule has 2 aromatic rings. The Labute approximate surface area is 146 Å². The van der Waals surface area contributed by atoms with Gasteiger partial charge in [-0.1, -0.05) is 17.7 Å². The van der Waals surface area contributed by atoms with Crippen molar-refractivity contribution in [2.75, 3.05) is 6.54 Å². The van der Waals surface area contributed by atoms with E-state index in [2.05, 4.69) is 20.8 Å². The molecule has 1 aromatic carbocycles. The van der Waals surface area contributed by atoms with E-state index in [4.69, 9.17) is 4.42 Å². The van der Waals surface area contributed by atoms with Gasteiger partial charge in [-0.05, 0) is 38.3 Å². The first kappa shape index (κ1) is 17.1. The Bertz CT molecular complexity index is 739. The molecule has 2 amide bonds. The molecule has 0 spiro atoms. The Balaban J connectivity index is 1.52. The molecular formula is C18H22N4O3. The summed E-state index contributed by atoms with van der Waals surface area (Å²) in [5, 5.41) is 13.6. The molecule has 0 saturated carbocycles. The van der Waals surface area contributed by atoms with Gasteiger partial charge in [0.2, 0.25) is 23.6 Å². The SMILES string of the molecule is Cc1ccc(-c2nnc(CCC(=O)N[C@H]3CCCCNC3=O)o2)cc1. The summed E-state index contributed by atoms with van der Waals surface area (Å²) in [6.07, 6.45) is 3.10. The maximum Gasteiger partial charge on any atom is 0.247 e. The Hall–Kier alpha value is -2.70. The summed E-state index contributed by atoms with van der Waals surface area (Å²) in [5.41, 5.74) is 2.01. The van der Waals surface area contributed by atoms with E-state index in [1.54, 1.807) is 0 Å². The second kappa shape index (κ2) is 7.92. The number of carbonyl (C=O) groups excluding carboxylic acids is 2. The van der Waals surface area contributed by atoms with Gasteiger partial charge in [0.15, 0.2) is 0 Å². The van der Waals surface area contributed by atoms with Gasteiger partial charge in [0.05, 0.1) is 0 Å². The monoisotopic (exact) mass is 342 g/mol. The van der Waals surface area contributed by atoms with E-state index in [-0.39, 0.29) is 18.2 Å². The second-order valence-corrected chi connectivity index (χ2v) is 6.27. The van der Waals surface area contributed by atoms with E-state index in [1.165, 1.54) is 0 Å². The minimum atomic E-state index is -0.444. The first-order valence-corrected chi connectivity index (χ1v) is 8.58. The van der Waals surface area contributed by atoms with Crippen LogP contribution < -0.4 is 10.6 Å². The van der Waals surface area contributed by atoms with Crippen LogP contribution in [-0.2, 0) is 16.0 Å². The number of carbonyl (C=O) groups is 2. The highest BCUT2D eigenvalue weighted by Gasteiger charge is 2.22. The fourth-order valence-corrected chi connectivity index (χ4v) is 2.73. The number of hydrogen-bond donors (Lipinski definition) is 2. The largest absolute Gasteiger partial charge is 0.421 e. The van der Waals surface area contributed by atoms with Gasteiger partial charge in [0, 0.05) is 24.9 Å². The van der Waals surface area contributed by atoms with Crippen LogP contribution in [-0.4, -0.2) is 34.6 Å². The summed E-state index contributed by atoms with van der Waals surface area (Å²) < 4.78 is 5.61. The van der Waals surface area contributed by atoms with Crippen molar-refractivity contribution < 1.29 is 14.0 Å². The molecule has 1 fully saturated rings. The maximum absolute atomic E-state index is 12.1. The number of amides is 2. The Kier molecular flexibility index (Phi) is 5.42. The molecular weight excluding hydrogens is 320 g/mol. The van der Waals surface area contributed by atoms with E-state index < -0.39 is 6.04 Å². The number of nitrogens with one attached hydrogen (secondary N) is 2. The van der Waals surface area contributed by atoms with Gasteiger partial charge in [-0.3, -0.25) is 9.59 Å². The molecule has 1 saturated heterocycles. The quantitative estimate of drug-likeness (QED) is 0.863. The van der Waals surface area contributed by atoms with E-state index >= 15 is 0 Å². The number of aryl methyl sites for hydroxylation is 2. The van der Waals surface area contributed by atoms with Crippen LogP contribution in [0.2, 0.25) is 0 Å². The topological polar surface area (TPSA) is 97.1 Å². The predicted octanol–water partition coefficient (Wildman–Crippen LogP) is 1.76. The molecule has 2 heterocycles. The Morgan fingerprint density at radius 1 is 1.28 bits per heavy atom. The lowest BCUT2D eigenvalue weighted by Gasteiger charge is -2.14. The molecule has 1 aromatic heterocycles. The molecule has 132 valence electrons. The third-order valence-corrected chi connectivity index (χ3v) is 4.20. The van der Waals surface area contributed by atoms with Crippen molar-refractivity contribution in [2.24, 2.45) is 0 Å². The highest BCUT2D eigenvalue weighted by atomic mass is 16.4. The zero-order chi connectivity index (χ0) is 17.6. The average molecular weight is 342 g/mol. The molecule has 0 bridgehead atoms. The van der Waals surface area contributed by atoms with Crippen molar-refractivity contribution in [1.82, 2.24) is 20.8 Å². The highest BCUT2D eigenvalue weighted by molar-refractivity contribution is 5.87. The predicted molar refractivity (Wildman–Crippen MR) is 91.6 cm³/mol. The summed E-state index contributed by atoms with van der Waals surface area (Å²) in [4.78, 5) is 23.9. The summed E-state index contributed by atoms with van der Waals surface area (Å²) in [5.74, 6) is 0.567. The second-order valence-electron chi connectivity index (χ2n) is 6.27. The minimum absolute atomic E-state index is 0.106. The molecule has 7 nitrogen and oxygen atoms in total. The summed E-state index contributed by atoms with van der Waals surface area (Å²) >= 11 is 0. The first-order chi connectivity index (χ1) is 12.1. The molecule has 25 heavy (non-hydrogen) atoms. The fraction of sp³-hybridized carbons (Fsp3) is 0.444. The molecule has 7 heteroatoms. The van der Waals surface area contributed by atoms with Crippen LogP contribution in [0.3, 0.4) is 0 Å². The van der Waals surface area contributed by atoms with Crippen molar-refractivity contribution in [2.45, 2.75) is 45.1 Å². The summed E-state index contributed by atoms with van der Waals surface area (Å²) in [7, 11) is 0. The average Bonchev–Trinajstić information content (AvgIpc) is 2.99. The lowest BCUT2D eigenvalue weighted by atomic mass is 10.1. The number of nitrogens with zero attached hydrogens (tertiary/aromatic N) is 2. The van der Waals surface area contributed by atoms with Gasteiger partial charge >= 0.3 is 0 Å². The smallest absolute Gasteiger partial charge is 0.247 e. The number of rotatable bonds is 5. The van der Waals surface area contributed by atoms with Crippen LogP contribution >= 0.6 is 0 Å². The van der Waals surface area contributed by atoms with E-state index in [9.17, 15) is 9.59 Å². The van der Waals surface area contributed by atoms with Gasteiger partial charge < -0.3 is 15.1 Å². The molecule has 0 aliphatic carbocycles. The Morgan fingerprint density at radius 3 is 2.88 bits per heavy atom. The highest BCUT2D eigenvalue weighted by Crippen LogP contribution is 2.18. The molecule has 0 radical (unpaired) electrons. The van der Waals surface area contributed by atoms with Crippen LogP contribution in [0, 0.1) is 6.92 Å². The standard InChI is InChI=1S/C18H22N4O3/c1-12-5-7-13(8-6-12)18-22-21-16(25-18)10-9-15(23)20-14-4-2-3-11-19-17(14)24/h5-8,14H,2-4,9-11H2,1H3,(H,19,24)(H,20,23)/t14-/m0/s1. The molecule has 0 unspecified atom stereocenters. The number of aromatic nitrogens is 2. The lowest BCUT2D eigenvalue weighted by Crippen LogP contribution is -2.45. The van der Waals surface area contributed by atoms with Crippen LogP contribution in [0.25, 0.3) is 11.5 Å². The molecule has 1 aliphatic heterocycles. The normalized spacial score (nSPS) is 17.6. The molecule has 1 aliphatic rings. The molecule has 1 atom stereocenters. The van der Waals surface area contributed by atoms with E-state index in [1.807, 2.05) is 31.2 Å². The lowest BCUT2D eigenvalue weighted by molar-refractivity contribution is -0.128. The van der Waals surface area contributed by atoms with Gasteiger partial charge in [-0.2, -0.15) is 0 Å². The van der Waals surface area contributed by atoms with Crippen molar-refractivity contribution in [1.29, 1.82) is 0 Å². The minimum Gasteiger partial charge on any atom is -0.421 e. The van der Waals surface area contributed by atoms with Crippen molar-refractivity contribution >= 4 is 11.8 Å². The van der Waals surface area contributed by atoms with E-state index in [0.29, 0.717) is 31.2 Å². The van der Waals surface area contributed by atoms with Crippen LogP contribution in [0.15, 0.2) is 28.7 Å². The van der Waals surface area contributed by atoms with Gasteiger partial charge in [0.1, 0.15) is 6.04 Å². The Morgan fingerprint density at radius 2 is 2.08 bits per heavy atom. The molecule has 2 N–H and O–H groups in total. The van der Waals surface area contributed by atoms with Crippen LogP contribution in [0.4, 0.5) is 0 Å².